The second-order valence-electron chi connectivity index (χ2n) is 22.1. The van der Waals surface area contributed by atoms with Crippen LogP contribution in [0.1, 0.15) is 180 Å². The molecule has 3 saturated carbocycles. The summed E-state index contributed by atoms with van der Waals surface area (Å²) in [6.45, 7) is 9.07. The van der Waals surface area contributed by atoms with Gasteiger partial charge in [-0.25, -0.2) is 15.0 Å². The smallest absolute Gasteiger partial charge is 0.300 e. The van der Waals surface area contributed by atoms with E-state index < -0.39 is 11.9 Å². The van der Waals surface area contributed by atoms with Gasteiger partial charge in [0.25, 0.3) is 46.3 Å². The maximum atomic E-state index is 13.1. The number of carbonyl (C=O) groups is 5. The minimum Gasteiger partial charge on any atom is -0.481 e. The third-order valence-corrected chi connectivity index (χ3v) is 15.9. The van der Waals surface area contributed by atoms with Crippen LogP contribution in [0.15, 0.2) is 106 Å². The summed E-state index contributed by atoms with van der Waals surface area (Å²) in [4.78, 5) is 109. The molecule has 8 N–H and O–H groups in total. The Bertz CT molecular complexity index is 4070. The first-order valence-corrected chi connectivity index (χ1v) is 30.4. The minimum atomic E-state index is -0.833. The maximum Gasteiger partial charge on any atom is 0.300 e. The molecular formula is C64H77N15O10. The zero-order chi connectivity index (χ0) is 64.1. The predicted molar refractivity (Wildman–Crippen MR) is 335 cm³/mol. The molecule has 25 heteroatoms. The average molecular weight is 1220 g/mol. The molecule has 9 aromatic heterocycles. The number of carbonyl (C=O) groups excluding carboxylic acids is 3. The van der Waals surface area contributed by atoms with Crippen LogP contribution in [0.5, 0.6) is 0 Å². The number of aromatic nitrogens is 9. The lowest BCUT2D eigenvalue weighted by molar-refractivity contribution is -0.135. The van der Waals surface area contributed by atoms with Crippen LogP contribution < -0.4 is 49.1 Å². The van der Waals surface area contributed by atoms with E-state index in [0.717, 1.165) is 90.9 Å². The number of fused-ring (bicyclic) bond motifs is 6. The molecule has 0 aromatic carbocycles. The molecular weight excluding hydrogens is 1140 g/mol. The summed E-state index contributed by atoms with van der Waals surface area (Å²) in [6, 6.07) is 21.0. The largest absolute Gasteiger partial charge is 0.481 e. The zero-order valence-corrected chi connectivity index (χ0v) is 50.8. The molecule has 12 rings (SSSR count). The van der Waals surface area contributed by atoms with Crippen molar-refractivity contribution in [2.75, 3.05) is 19.6 Å². The van der Waals surface area contributed by atoms with Gasteiger partial charge in [0, 0.05) is 70.2 Å². The van der Waals surface area contributed by atoms with Crippen molar-refractivity contribution >= 4 is 79.7 Å². The maximum absolute atomic E-state index is 13.1. The van der Waals surface area contributed by atoms with Crippen molar-refractivity contribution in [3.8, 4) is 0 Å². The van der Waals surface area contributed by atoms with Crippen LogP contribution in [0.3, 0.4) is 0 Å². The van der Waals surface area contributed by atoms with Crippen LogP contribution in [0.2, 0.25) is 0 Å². The minimum absolute atomic E-state index is 0.0844. The van der Waals surface area contributed by atoms with Gasteiger partial charge < -0.3 is 39.9 Å². The Labute approximate surface area is 510 Å². The number of carboxylic acid groups (broad SMARTS) is 2. The van der Waals surface area contributed by atoms with Crippen molar-refractivity contribution in [1.29, 1.82) is 16.2 Å². The number of pyridine rings is 6. The molecule has 3 aliphatic carbocycles. The molecule has 0 aliphatic heterocycles. The second-order valence-corrected chi connectivity index (χ2v) is 22.1. The van der Waals surface area contributed by atoms with Gasteiger partial charge >= 0.3 is 0 Å². The van der Waals surface area contributed by atoms with E-state index in [4.69, 9.17) is 51.0 Å². The highest BCUT2D eigenvalue weighted by molar-refractivity contribution is 5.98. The Morgan fingerprint density at radius 3 is 0.899 bits per heavy atom. The molecule has 0 saturated heterocycles. The van der Waals surface area contributed by atoms with Gasteiger partial charge in [0.15, 0.2) is 0 Å². The Morgan fingerprint density at radius 1 is 0.438 bits per heavy atom. The van der Waals surface area contributed by atoms with Gasteiger partial charge in [0.05, 0.1) is 32.8 Å². The molecule has 0 bridgehead atoms. The van der Waals surface area contributed by atoms with E-state index in [9.17, 15) is 28.8 Å². The molecule has 0 radical (unpaired) electrons. The fourth-order valence-corrected chi connectivity index (χ4v) is 11.9. The fourth-order valence-electron chi connectivity index (χ4n) is 11.9. The van der Waals surface area contributed by atoms with Gasteiger partial charge in [-0.1, -0.05) is 76.0 Å². The average Bonchev–Trinajstić information content (AvgIpc) is 1.46. The highest BCUT2D eigenvalue weighted by atomic mass is 16.4. The van der Waals surface area contributed by atoms with E-state index in [2.05, 4.69) is 16.0 Å². The number of amides is 3. The summed E-state index contributed by atoms with van der Waals surface area (Å²) in [5.41, 5.74) is 3.55. The molecule has 0 spiro atoms. The van der Waals surface area contributed by atoms with Crippen molar-refractivity contribution in [2.24, 2.45) is 0 Å². The van der Waals surface area contributed by atoms with Gasteiger partial charge in [-0.2, -0.15) is 0 Å². The summed E-state index contributed by atoms with van der Waals surface area (Å²) in [5.74, 6) is -2.65. The summed E-state index contributed by atoms with van der Waals surface area (Å²) in [6.07, 6.45) is 20.6. The topological polar surface area (TPSA) is 351 Å². The molecule has 0 atom stereocenters. The van der Waals surface area contributed by atoms with Crippen molar-refractivity contribution in [3.63, 3.8) is 0 Å². The fraction of sp³-hybridized carbons (Fsp3) is 0.406. The first-order valence-electron chi connectivity index (χ1n) is 30.4. The monoisotopic (exact) mass is 1220 g/mol. The van der Waals surface area contributed by atoms with Gasteiger partial charge in [0.2, 0.25) is 0 Å². The van der Waals surface area contributed by atoms with Crippen LogP contribution in [0, 0.1) is 16.2 Å². The zero-order valence-electron chi connectivity index (χ0n) is 50.8. The molecule has 0 unspecified atom stereocenters. The van der Waals surface area contributed by atoms with E-state index in [-0.39, 0.29) is 85.7 Å². The lowest BCUT2D eigenvalue weighted by atomic mass is 9.94. The van der Waals surface area contributed by atoms with Crippen LogP contribution in [-0.4, -0.2) is 101 Å². The summed E-state index contributed by atoms with van der Waals surface area (Å²) in [5, 5.41) is 50.3. The number of nitrogens with zero attached hydrogens (tertiary/aromatic N) is 9. The molecule has 3 aliphatic rings. The number of hydrogen-bond donors (Lipinski definition) is 8. The van der Waals surface area contributed by atoms with Crippen molar-refractivity contribution in [3.05, 3.63) is 156 Å². The van der Waals surface area contributed by atoms with E-state index in [1.165, 1.54) is 50.7 Å². The first kappa shape index (κ1) is 65.0. The molecule has 3 fully saturated rings. The molecule has 468 valence electrons. The van der Waals surface area contributed by atoms with Crippen LogP contribution in [0.25, 0.3) is 50.0 Å². The third-order valence-electron chi connectivity index (χ3n) is 15.9. The summed E-state index contributed by atoms with van der Waals surface area (Å²) in [7, 11) is 0. The summed E-state index contributed by atoms with van der Waals surface area (Å²) < 4.78 is 9.89. The van der Waals surface area contributed by atoms with Gasteiger partial charge in [0.1, 0.15) is 50.3 Å². The molecule has 25 nitrogen and oxygen atoms in total. The molecule has 9 aromatic rings. The van der Waals surface area contributed by atoms with E-state index in [0.29, 0.717) is 69.7 Å². The third kappa shape index (κ3) is 14.6. The predicted octanol–water partition coefficient (Wildman–Crippen LogP) is 7.33. The van der Waals surface area contributed by atoms with Crippen LogP contribution >= 0.6 is 0 Å². The number of aliphatic carboxylic acids is 2. The Kier molecular flexibility index (Phi) is 21.7. The molecule has 9 heterocycles. The number of rotatable bonds is 9. The lowest BCUT2D eigenvalue weighted by Crippen LogP contribution is -2.36. The molecule has 3 amide bonds. The molecule has 89 heavy (non-hydrogen) atoms. The Balaban J connectivity index is 0.000000162. The lowest BCUT2D eigenvalue weighted by Gasteiger charge is -2.26. The quantitative estimate of drug-likeness (QED) is 0.0657. The van der Waals surface area contributed by atoms with E-state index >= 15 is 0 Å². The number of nitrogens with one attached hydrogen (secondary N) is 6. The van der Waals surface area contributed by atoms with Crippen molar-refractivity contribution in [1.82, 2.24) is 57.8 Å². The summed E-state index contributed by atoms with van der Waals surface area (Å²) >= 11 is 0. The Morgan fingerprint density at radius 2 is 0.674 bits per heavy atom. The second kappa shape index (κ2) is 29.6. The van der Waals surface area contributed by atoms with Crippen molar-refractivity contribution in [2.45, 2.75) is 149 Å². The van der Waals surface area contributed by atoms with E-state index in [1.807, 2.05) is 52.7 Å². The Hall–Kier alpha value is -9.94. The van der Waals surface area contributed by atoms with Gasteiger partial charge in [-0.05, 0) is 114 Å². The van der Waals surface area contributed by atoms with E-state index in [1.54, 1.807) is 55.0 Å². The normalized spacial score (nSPS) is 14.5. The van der Waals surface area contributed by atoms with Gasteiger partial charge in [-0.3, -0.25) is 67.8 Å². The highest BCUT2D eigenvalue weighted by Crippen LogP contribution is 2.32. The first-order chi connectivity index (χ1) is 42.8. The van der Waals surface area contributed by atoms with Crippen LogP contribution in [0.4, 0.5) is 0 Å². The van der Waals surface area contributed by atoms with Gasteiger partial charge in [-0.15, -0.1) is 0 Å². The highest BCUT2D eigenvalue weighted by Gasteiger charge is 2.27. The van der Waals surface area contributed by atoms with Crippen LogP contribution in [-0.2, 0) is 9.59 Å². The standard InChI is InChI=1S/3C20H23N5O2.2C2H4O2/c3*1-2-22-19(26)14-12-15-18(23-16-10-6-7-11-24(16)20(15)27)25(17(14)21)13-8-4-3-5-9-13;2*1-2(3)4/h3*6-7,10-13,21H,2-5,8-9H2,1H3,(H,22,26);2*1H3,(H,3,4). The number of carboxylic acids is 2. The number of hydrogen-bond acceptors (Lipinski definition) is 14. The van der Waals surface area contributed by atoms with Crippen molar-refractivity contribution < 1.29 is 34.2 Å². The SMILES string of the molecule is CC(=O)O.CC(=O)O.CCNC(=O)c1cc2c(=O)n3ccccc3nc2n(C2CCCCC2)c1=N.CCNC(=O)c1cc2c(=O)n3ccccc3nc2n(C2CCCCC2)c1=N.CCNC(=O)c1cc2c(=O)n3ccccc3nc2n(C2CCCCC2)c1=N.